The lowest BCUT2D eigenvalue weighted by Gasteiger charge is -2.23. The number of benzene rings is 2. The first-order valence-electron chi connectivity index (χ1n) is 10.9. The summed E-state index contributed by atoms with van der Waals surface area (Å²) in [4.78, 5) is 36.1. The lowest BCUT2D eigenvalue weighted by molar-refractivity contribution is -0.148. The van der Waals surface area contributed by atoms with Gasteiger partial charge < -0.3 is 15.4 Å². The molecule has 2 aromatic carbocycles. The van der Waals surface area contributed by atoms with Crippen LogP contribution in [0.15, 0.2) is 42.5 Å². The number of carbonyl (C=O) groups is 2. The summed E-state index contributed by atoms with van der Waals surface area (Å²) in [5.74, 6) is -0.500. The summed E-state index contributed by atoms with van der Waals surface area (Å²) in [5, 5.41) is 0.569. The normalized spacial score (nSPS) is 12.7. The summed E-state index contributed by atoms with van der Waals surface area (Å²) in [6.07, 6.45) is 0. The Hall–Kier alpha value is -3.48. The first kappa shape index (κ1) is 23.2. The minimum atomic E-state index is -0.879. The number of carbonyl (C=O) groups excluding carboxylic acids is 2. The minimum Gasteiger partial charge on any atom is -0.465 e. The Bertz CT molecular complexity index is 1130. The van der Waals surface area contributed by atoms with Crippen molar-refractivity contribution in [1.82, 2.24) is 14.9 Å². The summed E-state index contributed by atoms with van der Waals surface area (Å²) < 4.78 is 5.22. The van der Waals surface area contributed by atoms with Crippen LogP contribution in [0.25, 0.3) is 10.9 Å². The molecule has 32 heavy (non-hydrogen) atoms. The molecule has 1 aliphatic rings. The molecule has 168 valence electrons. The van der Waals surface area contributed by atoms with Crippen molar-refractivity contribution in [3.8, 4) is 0 Å². The minimum absolute atomic E-state index is 0.0416. The first-order chi connectivity index (χ1) is 15.3. The Morgan fingerprint density at radius 2 is 1.69 bits per heavy atom. The van der Waals surface area contributed by atoms with Crippen molar-refractivity contribution in [2.24, 2.45) is 0 Å². The second-order valence-electron chi connectivity index (χ2n) is 7.94. The summed E-state index contributed by atoms with van der Waals surface area (Å²) in [6.45, 7) is 10.7. The fourth-order valence-electron chi connectivity index (χ4n) is 3.75. The van der Waals surface area contributed by atoms with E-state index in [-0.39, 0.29) is 23.5 Å². The van der Waals surface area contributed by atoms with Gasteiger partial charge in [0.05, 0.1) is 17.5 Å². The third kappa shape index (κ3) is 4.28. The van der Waals surface area contributed by atoms with Crippen LogP contribution in [0, 0.1) is 0 Å². The van der Waals surface area contributed by atoms with Crippen LogP contribution in [0.1, 0.15) is 61.8 Å². The zero-order chi connectivity index (χ0) is 23.5. The van der Waals surface area contributed by atoms with Gasteiger partial charge in [0.15, 0.2) is 0 Å². The number of nitrogen functional groups attached to an aromatic ring is 1. The Balaban J connectivity index is 0.00000141. The average molecular weight is 435 g/mol. The molecule has 1 amide bonds. The van der Waals surface area contributed by atoms with Crippen LogP contribution < -0.4 is 5.73 Å². The van der Waals surface area contributed by atoms with Crippen LogP contribution in [0.5, 0.6) is 0 Å². The monoisotopic (exact) mass is 434 g/mol. The SMILES string of the molecule is CC.CCOC(=O)C(C)(C)c1ccc2nc(N)nc(C(=O)N3Cc4ccccc4C3)c2c1. The van der Waals surface area contributed by atoms with Crippen LogP contribution >= 0.6 is 0 Å². The highest BCUT2D eigenvalue weighted by Crippen LogP contribution is 2.30. The molecule has 1 aromatic heterocycles. The highest BCUT2D eigenvalue weighted by molar-refractivity contribution is 6.05. The summed E-state index contributed by atoms with van der Waals surface area (Å²) in [7, 11) is 0. The molecule has 0 aliphatic carbocycles. The molecular weight excluding hydrogens is 404 g/mol. The van der Waals surface area contributed by atoms with E-state index in [1.807, 2.05) is 44.2 Å². The van der Waals surface area contributed by atoms with Crippen molar-refractivity contribution in [3.05, 3.63) is 64.8 Å². The van der Waals surface area contributed by atoms with Crippen LogP contribution in [0.4, 0.5) is 5.95 Å². The number of ether oxygens (including phenoxy) is 1. The van der Waals surface area contributed by atoms with Crippen molar-refractivity contribution < 1.29 is 14.3 Å². The molecule has 0 unspecified atom stereocenters. The maximum atomic E-state index is 13.4. The number of aromatic nitrogens is 2. The Morgan fingerprint density at radius 1 is 1.06 bits per heavy atom. The largest absolute Gasteiger partial charge is 0.465 e. The van der Waals surface area contributed by atoms with Gasteiger partial charge in [-0.25, -0.2) is 9.97 Å². The molecule has 0 spiro atoms. The molecule has 4 rings (SSSR count). The zero-order valence-electron chi connectivity index (χ0n) is 19.3. The van der Waals surface area contributed by atoms with Crippen molar-refractivity contribution in [2.45, 2.75) is 53.1 Å². The maximum Gasteiger partial charge on any atom is 0.315 e. The molecule has 1 aliphatic heterocycles. The van der Waals surface area contributed by atoms with Gasteiger partial charge in [0.2, 0.25) is 5.95 Å². The molecule has 0 saturated carbocycles. The van der Waals surface area contributed by atoms with Gasteiger partial charge in [-0.15, -0.1) is 0 Å². The molecule has 2 N–H and O–H groups in total. The number of anilines is 1. The number of hydrogen-bond acceptors (Lipinski definition) is 6. The number of amides is 1. The maximum absolute atomic E-state index is 13.4. The number of rotatable bonds is 4. The molecule has 7 heteroatoms. The smallest absolute Gasteiger partial charge is 0.315 e. The molecule has 0 fully saturated rings. The van der Waals surface area contributed by atoms with Gasteiger partial charge in [0.25, 0.3) is 5.91 Å². The van der Waals surface area contributed by atoms with Gasteiger partial charge in [-0.1, -0.05) is 44.2 Å². The zero-order valence-corrected chi connectivity index (χ0v) is 19.3. The third-order valence-corrected chi connectivity index (χ3v) is 5.55. The number of hydrogen-bond donors (Lipinski definition) is 1. The van der Waals surface area contributed by atoms with E-state index in [9.17, 15) is 9.59 Å². The Kier molecular flexibility index (Phi) is 6.77. The summed E-state index contributed by atoms with van der Waals surface area (Å²) in [5.41, 5.74) is 8.79. The number of nitrogens with two attached hydrogens (primary N) is 1. The van der Waals surface area contributed by atoms with Crippen molar-refractivity contribution in [3.63, 3.8) is 0 Å². The fourth-order valence-corrected chi connectivity index (χ4v) is 3.75. The number of fused-ring (bicyclic) bond motifs is 2. The fraction of sp³-hybridized carbons (Fsp3) is 0.360. The van der Waals surface area contributed by atoms with Crippen LogP contribution in [0.3, 0.4) is 0 Å². The van der Waals surface area contributed by atoms with E-state index in [2.05, 4.69) is 9.97 Å². The Morgan fingerprint density at radius 3 is 2.28 bits per heavy atom. The predicted molar refractivity (Wildman–Crippen MR) is 125 cm³/mol. The number of esters is 1. The molecule has 7 nitrogen and oxygen atoms in total. The lowest BCUT2D eigenvalue weighted by atomic mass is 9.84. The third-order valence-electron chi connectivity index (χ3n) is 5.55. The van der Waals surface area contributed by atoms with E-state index in [0.29, 0.717) is 30.6 Å². The Labute approximate surface area is 188 Å². The molecule has 0 bridgehead atoms. The second-order valence-corrected chi connectivity index (χ2v) is 7.94. The van der Waals surface area contributed by atoms with E-state index in [1.165, 1.54) is 0 Å². The summed E-state index contributed by atoms with van der Waals surface area (Å²) in [6, 6.07) is 13.3. The van der Waals surface area contributed by atoms with E-state index in [4.69, 9.17) is 10.5 Å². The van der Waals surface area contributed by atoms with E-state index in [1.54, 1.807) is 37.8 Å². The van der Waals surface area contributed by atoms with Gasteiger partial charge in [0, 0.05) is 18.5 Å². The van der Waals surface area contributed by atoms with Crippen LogP contribution in [-0.2, 0) is 28.0 Å². The van der Waals surface area contributed by atoms with E-state index < -0.39 is 5.41 Å². The van der Waals surface area contributed by atoms with Gasteiger partial charge in [-0.3, -0.25) is 9.59 Å². The lowest BCUT2D eigenvalue weighted by Crippen LogP contribution is -2.31. The van der Waals surface area contributed by atoms with Gasteiger partial charge in [-0.2, -0.15) is 0 Å². The topological polar surface area (TPSA) is 98.4 Å². The van der Waals surface area contributed by atoms with Crippen molar-refractivity contribution in [2.75, 3.05) is 12.3 Å². The highest BCUT2D eigenvalue weighted by Gasteiger charge is 2.33. The first-order valence-corrected chi connectivity index (χ1v) is 10.9. The van der Waals surface area contributed by atoms with Gasteiger partial charge >= 0.3 is 5.97 Å². The molecule has 0 atom stereocenters. The number of nitrogens with zero attached hydrogens (tertiary/aromatic N) is 3. The molecule has 2 heterocycles. The molecule has 0 saturated heterocycles. The van der Waals surface area contributed by atoms with Crippen molar-refractivity contribution >= 4 is 28.7 Å². The van der Waals surface area contributed by atoms with E-state index in [0.717, 1.165) is 16.7 Å². The predicted octanol–water partition coefficient (Wildman–Crippen LogP) is 4.23. The van der Waals surface area contributed by atoms with E-state index >= 15 is 0 Å². The van der Waals surface area contributed by atoms with Gasteiger partial charge in [0.1, 0.15) is 5.69 Å². The van der Waals surface area contributed by atoms with Crippen LogP contribution in [-0.4, -0.2) is 33.4 Å². The molecule has 3 aromatic rings. The quantitative estimate of drug-likeness (QED) is 0.617. The second kappa shape index (κ2) is 9.34. The van der Waals surface area contributed by atoms with Gasteiger partial charge in [-0.05, 0) is 49.6 Å². The molecular formula is C25H30N4O3. The molecule has 0 radical (unpaired) electrons. The highest BCUT2D eigenvalue weighted by atomic mass is 16.5. The summed E-state index contributed by atoms with van der Waals surface area (Å²) >= 11 is 0. The standard InChI is InChI=1S/C23H24N4O3.C2H6/c1-4-30-21(29)23(2,3)16-9-10-18-17(11-16)19(26-22(24)25-18)20(28)27-12-14-7-5-6-8-15(14)13-27;1-2/h5-11H,4,12-13H2,1-3H3,(H2,24,25,26);1-2H3. The average Bonchev–Trinajstić information content (AvgIpc) is 3.23. The van der Waals surface area contributed by atoms with Crippen LogP contribution in [0.2, 0.25) is 0 Å². The van der Waals surface area contributed by atoms with Crippen molar-refractivity contribution in [1.29, 1.82) is 0 Å².